The Hall–Kier alpha value is -4.77. The van der Waals surface area contributed by atoms with Crippen LogP contribution in [-0.2, 0) is 4.74 Å². The highest BCUT2D eigenvalue weighted by atomic mass is 19.3. The second kappa shape index (κ2) is 13.5. The molecule has 0 saturated carbocycles. The number of aromatic nitrogens is 3. The van der Waals surface area contributed by atoms with Crippen molar-refractivity contribution in [1.82, 2.24) is 24.8 Å². The summed E-state index contributed by atoms with van der Waals surface area (Å²) in [6, 6.07) is 12.5. The standard InChI is InChI=1S/C33H40F2N8O4/c1-21-19-41(5)15-16-43(21)25-8-10-28(39-29(25)45-6)40-30-37-13-11-24(38-30)22-7-9-26(23(17-22)18-36)46-27-12-14-42(20-33(27,34)35)31(44)47-32(2,3)4/h7-11,13,17,21,27H,12,14-16,19-20H2,1-6H3,(H,37,38,39,40)/t21-,27?/m0/s1. The molecule has 0 spiro atoms. The zero-order valence-electron chi connectivity index (χ0n) is 27.5. The van der Waals surface area contributed by atoms with Crippen molar-refractivity contribution in [1.29, 1.82) is 5.26 Å². The van der Waals surface area contributed by atoms with Crippen molar-refractivity contribution >= 4 is 23.5 Å². The van der Waals surface area contributed by atoms with Crippen LogP contribution in [0.4, 0.5) is 31.0 Å². The summed E-state index contributed by atoms with van der Waals surface area (Å²) in [4.78, 5) is 31.4. The van der Waals surface area contributed by atoms with Crippen LogP contribution in [0.5, 0.6) is 11.6 Å². The number of hydrogen-bond acceptors (Lipinski definition) is 11. The molecule has 14 heteroatoms. The lowest BCUT2D eigenvalue weighted by Crippen LogP contribution is -2.56. The van der Waals surface area contributed by atoms with Crippen LogP contribution in [0.3, 0.4) is 0 Å². The number of carbonyl (C=O) groups is 1. The first-order valence-electron chi connectivity index (χ1n) is 15.4. The summed E-state index contributed by atoms with van der Waals surface area (Å²) in [6.45, 7) is 9.12. The molecule has 12 nitrogen and oxygen atoms in total. The second-order valence-electron chi connectivity index (χ2n) is 12.8. The van der Waals surface area contributed by atoms with Gasteiger partial charge in [-0.15, -0.1) is 0 Å². The molecular weight excluding hydrogens is 610 g/mol. The molecule has 4 heterocycles. The molecule has 0 radical (unpaired) electrons. The zero-order chi connectivity index (χ0) is 33.9. The molecule has 1 unspecified atom stereocenters. The third-order valence-corrected chi connectivity index (χ3v) is 7.92. The number of anilines is 3. The summed E-state index contributed by atoms with van der Waals surface area (Å²) in [7, 11) is 3.69. The van der Waals surface area contributed by atoms with Crippen molar-refractivity contribution in [2.75, 3.05) is 57.1 Å². The van der Waals surface area contributed by atoms with Crippen LogP contribution >= 0.6 is 0 Å². The van der Waals surface area contributed by atoms with Crippen molar-refractivity contribution in [3.05, 3.63) is 48.2 Å². The number of rotatable bonds is 7. The average molecular weight is 651 g/mol. The Morgan fingerprint density at radius 2 is 1.91 bits per heavy atom. The van der Waals surface area contributed by atoms with E-state index in [9.17, 15) is 10.1 Å². The van der Waals surface area contributed by atoms with Crippen LogP contribution in [-0.4, -0.2) is 101 Å². The van der Waals surface area contributed by atoms with Crippen LogP contribution < -0.4 is 19.7 Å². The van der Waals surface area contributed by atoms with Gasteiger partial charge in [0.15, 0.2) is 6.10 Å². The minimum absolute atomic E-state index is 0.0186. The van der Waals surface area contributed by atoms with E-state index in [1.54, 1.807) is 46.2 Å². The van der Waals surface area contributed by atoms with E-state index in [-0.39, 0.29) is 30.2 Å². The van der Waals surface area contributed by atoms with E-state index in [0.29, 0.717) is 29.0 Å². The Morgan fingerprint density at radius 1 is 1.13 bits per heavy atom. The lowest BCUT2D eigenvalue weighted by molar-refractivity contribution is -0.137. The summed E-state index contributed by atoms with van der Waals surface area (Å²) in [5.74, 6) is -2.09. The van der Waals surface area contributed by atoms with Gasteiger partial charge in [0.05, 0.1) is 24.9 Å². The zero-order valence-corrected chi connectivity index (χ0v) is 27.5. The number of ether oxygens (including phenoxy) is 3. The maximum Gasteiger partial charge on any atom is 0.410 e. The minimum Gasteiger partial charge on any atom is -0.483 e. The molecule has 5 rings (SSSR count). The molecule has 1 N–H and O–H groups in total. The third-order valence-electron chi connectivity index (χ3n) is 7.92. The SMILES string of the molecule is COc1nc(Nc2nccc(-c3ccc(OC4CCN(C(=O)OC(C)(C)C)CC4(F)F)c(C#N)c3)n2)ccc1N1CCN(C)C[C@@H]1C. The molecule has 2 saturated heterocycles. The molecule has 47 heavy (non-hydrogen) atoms. The highest BCUT2D eigenvalue weighted by Crippen LogP contribution is 2.35. The molecule has 0 aliphatic carbocycles. The van der Waals surface area contributed by atoms with E-state index < -0.39 is 30.3 Å². The van der Waals surface area contributed by atoms with E-state index in [4.69, 9.17) is 14.2 Å². The van der Waals surface area contributed by atoms with Crippen LogP contribution in [0.1, 0.15) is 39.7 Å². The Balaban J connectivity index is 1.28. The van der Waals surface area contributed by atoms with Gasteiger partial charge in [-0.3, -0.25) is 0 Å². The van der Waals surface area contributed by atoms with E-state index >= 15 is 8.78 Å². The monoisotopic (exact) mass is 650 g/mol. The van der Waals surface area contributed by atoms with Crippen molar-refractivity contribution in [3.63, 3.8) is 0 Å². The number of likely N-dealkylation sites (tertiary alicyclic amines) is 1. The fourth-order valence-electron chi connectivity index (χ4n) is 5.64. The molecule has 250 valence electrons. The van der Waals surface area contributed by atoms with Crippen molar-refractivity contribution in [2.45, 2.75) is 57.8 Å². The number of pyridine rings is 1. The van der Waals surface area contributed by atoms with Crippen LogP contribution in [0.15, 0.2) is 42.6 Å². The fourth-order valence-corrected chi connectivity index (χ4v) is 5.64. The van der Waals surface area contributed by atoms with E-state index in [1.807, 2.05) is 18.2 Å². The topological polar surface area (TPSA) is 129 Å². The first kappa shape index (κ1) is 33.6. The first-order valence-corrected chi connectivity index (χ1v) is 15.4. The molecule has 2 aliphatic heterocycles. The van der Waals surface area contributed by atoms with Gasteiger partial charge in [-0.2, -0.15) is 10.2 Å². The maximum absolute atomic E-state index is 15.1. The molecule has 0 bridgehead atoms. The number of halogens is 2. The number of likely N-dealkylation sites (N-methyl/N-ethyl adjacent to an activating group) is 1. The number of hydrogen-bond donors (Lipinski definition) is 1. The summed E-state index contributed by atoms with van der Waals surface area (Å²) in [6.07, 6.45) is -0.890. The molecule has 2 aromatic heterocycles. The Morgan fingerprint density at radius 3 is 2.60 bits per heavy atom. The van der Waals surface area contributed by atoms with E-state index in [2.05, 4.69) is 44.0 Å². The predicted octanol–water partition coefficient (Wildman–Crippen LogP) is 5.33. The van der Waals surface area contributed by atoms with Gasteiger partial charge in [-0.25, -0.2) is 23.5 Å². The van der Waals surface area contributed by atoms with E-state index in [0.717, 1.165) is 30.2 Å². The number of nitrogens with one attached hydrogen (secondary N) is 1. The second-order valence-corrected chi connectivity index (χ2v) is 12.8. The van der Waals surface area contributed by atoms with Crippen molar-refractivity contribution in [3.8, 4) is 29.0 Å². The number of amides is 1. The summed E-state index contributed by atoms with van der Waals surface area (Å²) in [5, 5.41) is 13.0. The van der Waals surface area contributed by atoms with Crippen molar-refractivity contribution in [2.24, 2.45) is 0 Å². The number of piperazine rings is 1. The summed E-state index contributed by atoms with van der Waals surface area (Å²) in [5.41, 5.74) is 1.24. The normalized spacial score (nSPS) is 19.9. The van der Waals surface area contributed by atoms with Crippen LogP contribution in [0.2, 0.25) is 0 Å². The van der Waals surface area contributed by atoms with Crippen molar-refractivity contribution < 1.29 is 27.8 Å². The largest absolute Gasteiger partial charge is 0.483 e. The quantitative estimate of drug-likeness (QED) is 0.357. The van der Waals surface area contributed by atoms with Gasteiger partial charge in [0.2, 0.25) is 11.8 Å². The highest BCUT2D eigenvalue weighted by molar-refractivity contribution is 5.69. The molecular formula is C33H40F2N8O4. The summed E-state index contributed by atoms with van der Waals surface area (Å²) < 4.78 is 46.7. The fraction of sp³-hybridized carbons (Fsp3) is 0.485. The Bertz CT molecular complexity index is 1640. The molecule has 2 atom stereocenters. The molecule has 2 aliphatic rings. The maximum atomic E-state index is 15.1. The number of piperidine rings is 1. The number of benzene rings is 1. The number of nitriles is 1. The number of methoxy groups -OCH3 is 1. The van der Waals surface area contributed by atoms with Crippen LogP contribution in [0, 0.1) is 11.3 Å². The molecule has 1 amide bonds. The van der Waals surface area contributed by atoms with Gasteiger partial charge < -0.3 is 34.2 Å². The predicted molar refractivity (Wildman–Crippen MR) is 172 cm³/mol. The number of nitrogens with zero attached hydrogens (tertiary/aromatic N) is 7. The van der Waals surface area contributed by atoms with Gasteiger partial charge in [-0.05, 0) is 71.1 Å². The van der Waals surface area contributed by atoms with Gasteiger partial charge >= 0.3 is 12.0 Å². The van der Waals surface area contributed by atoms with Gasteiger partial charge in [-0.1, -0.05) is 0 Å². The Labute approximate surface area is 273 Å². The lowest BCUT2D eigenvalue weighted by Gasteiger charge is -2.40. The smallest absolute Gasteiger partial charge is 0.410 e. The lowest BCUT2D eigenvalue weighted by atomic mass is 10.0. The minimum atomic E-state index is -3.36. The summed E-state index contributed by atoms with van der Waals surface area (Å²) >= 11 is 0. The van der Waals surface area contributed by atoms with Gasteiger partial charge in [0.1, 0.15) is 28.9 Å². The molecule has 2 fully saturated rings. The number of alkyl halides is 2. The molecule has 3 aromatic rings. The average Bonchev–Trinajstić information content (AvgIpc) is 3.01. The number of carbonyl (C=O) groups excluding carboxylic acids is 1. The third kappa shape index (κ3) is 7.97. The van der Waals surface area contributed by atoms with Gasteiger partial charge in [0, 0.05) is 50.4 Å². The highest BCUT2D eigenvalue weighted by Gasteiger charge is 2.48. The Kier molecular flexibility index (Phi) is 9.67. The molecule has 1 aromatic carbocycles. The van der Waals surface area contributed by atoms with E-state index in [1.165, 1.54) is 12.1 Å². The van der Waals surface area contributed by atoms with Crippen LogP contribution in [0.25, 0.3) is 11.3 Å². The first-order chi connectivity index (χ1) is 22.3. The van der Waals surface area contributed by atoms with Gasteiger partial charge in [0.25, 0.3) is 0 Å².